The molecule has 3 rings (SSSR count). The molecule has 1 saturated heterocycles. The van der Waals surface area contributed by atoms with Gasteiger partial charge in [0.1, 0.15) is 17.2 Å². The third-order valence-electron chi connectivity index (χ3n) is 4.44. The predicted molar refractivity (Wildman–Crippen MR) is 123 cm³/mol. The minimum atomic E-state index is -0.736. The highest BCUT2D eigenvalue weighted by molar-refractivity contribution is 8.27. The number of ether oxygens (including phenoxy) is 3. The maximum atomic E-state index is 12.7. The first kappa shape index (κ1) is 24.3. The molecule has 1 aromatic heterocycles. The Morgan fingerprint density at radius 1 is 1.19 bits per heavy atom. The van der Waals surface area contributed by atoms with Gasteiger partial charge in [0.05, 0.1) is 32.0 Å². The first-order valence-electron chi connectivity index (χ1n) is 9.82. The molecule has 0 aromatic carbocycles. The lowest BCUT2D eigenvalue weighted by Gasteiger charge is -2.17. The molecule has 12 heteroatoms. The van der Waals surface area contributed by atoms with E-state index in [0.29, 0.717) is 10.6 Å². The van der Waals surface area contributed by atoms with Crippen molar-refractivity contribution in [3.8, 4) is 0 Å². The number of fused-ring (bicyclic) bond motifs is 1. The summed E-state index contributed by atoms with van der Waals surface area (Å²) in [5, 5.41) is 0.127. The Morgan fingerprint density at radius 2 is 1.94 bits per heavy atom. The molecular weight excluding hydrogens is 476 g/mol. The molecule has 2 aliphatic rings. The second-order valence-corrected chi connectivity index (χ2v) is 9.56. The number of esters is 3. The van der Waals surface area contributed by atoms with Gasteiger partial charge in [-0.25, -0.2) is 14.6 Å². The summed E-state index contributed by atoms with van der Waals surface area (Å²) in [6.07, 6.45) is 1.74. The van der Waals surface area contributed by atoms with E-state index in [0.717, 1.165) is 46.2 Å². The summed E-state index contributed by atoms with van der Waals surface area (Å²) in [7, 11) is 1.19. The van der Waals surface area contributed by atoms with Crippen molar-refractivity contribution >= 4 is 68.1 Å². The van der Waals surface area contributed by atoms with E-state index < -0.39 is 23.0 Å². The van der Waals surface area contributed by atoms with Crippen LogP contribution in [-0.4, -0.2) is 65.7 Å². The Kier molecular flexibility index (Phi) is 8.38. The van der Waals surface area contributed by atoms with Crippen molar-refractivity contribution in [3.63, 3.8) is 0 Å². The molecule has 0 aliphatic carbocycles. The van der Waals surface area contributed by atoms with E-state index in [-0.39, 0.29) is 30.6 Å². The predicted octanol–water partition coefficient (Wildman–Crippen LogP) is 2.90. The highest BCUT2D eigenvalue weighted by atomic mass is 32.2. The van der Waals surface area contributed by atoms with Crippen LogP contribution in [0.1, 0.15) is 34.6 Å². The fourth-order valence-corrected chi connectivity index (χ4v) is 6.33. The van der Waals surface area contributed by atoms with Crippen molar-refractivity contribution in [2.45, 2.75) is 26.0 Å². The van der Waals surface area contributed by atoms with E-state index in [9.17, 15) is 19.2 Å². The molecule has 32 heavy (non-hydrogen) atoms. The number of thioether (sulfide) groups is 2. The lowest BCUT2D eigenvalue weighted by atomic mass is 10.1. The van der Waals surface area contributed by atoms with Gasteiger partial charge >= 0.3 is 17.9 Å². The van der Waals surface area contributed by atoms with E-state index in [4.69, 9.17) is 9.47 Å². The SMILES string of the molecule is CCOC(=O)CN1/C(=N/c2sc3c(c2C(=O)OCC)CCSC3)SC(=O)/C1=C\C(=O)OC. The molecule has 0 radical (unpaired) electrons. The molecule has 2 aliphatic heterocycles. The maximum absolute atomic E-state index is 12.7. The third kappa shape index (κ3) is 5.36. The zero-order valence-corrected chi connectivity index (χ0v) is 20.2. The number of aliphatic imine (C=N–C) groups is 1. The first-order valence-corrected chi connectivity index (χ1v) is 12.6. The number of carbonyl (C=O) groups is 4. The fraction of sp³-hybridized carbons (Fsp3) is 0.450. The minimum Gasteiger partial charge on any atom is -0.466 e. The highest BCUT2D eigenvalue weighted by Gasteiger charge is 2.37. The van der Waals surface area contributed by atoms with Gasteiger partial charge in [0.2, 0.25) is 5.12 Å². The summed E-state index contributed by atoms with van der Waals surface area (Å²) in [6, 6.07) is 0. The van der Waals surface area contributed by atoms with E-state index in [1.807, 2.05) is 0 Å². The van der Waals surface area contributed by atoms with Gasteiger partial charge in [-0.15, -0.1) is 11.3 Å². The van der Waals surface area contributed by atoms with Gasteiger partial charge in [0.25, 0.3) is 0 Å². The molecular formula is C20H22N2O7S3. The number of rotatable bonds is 7. The number of amidine groups is 1. The summed E-state index contributed by atoms with van der Waals surface area (Å²) in [5.74, 6) is -0.129. The van der Waals surface area contributed by atoms with Gasteiger partial charge < -0.3 is 19.1 Å². The molecule has 0 saturated carbocycles. The average molecular weight is 499 g/mol. The van der Waals surface area contributed by atoms with Crippen LogP contribution in [0.15, 0.2) is 16.8 Å². The monoisotopic (exact) mass is 498 g/mol. The van der Waals surface area contributed by atoms with Crippen LogP contribution < -0.4 is 0 Å². The Bertz CT molecular complexity index is 1000. The second kappa shape index (κ2) is 11.0. The molecule has 0 unspecified atom stereocenters. The van der Waals surface area contributed by atoms with Gasteiger partial charge in [-0.3, -0.25) is 9.59 Å². The lowest BCUT2D eigenvalue weighted by molar-refractivity contribution is -0.143. The Labute approximate surface area is 197 Å². The summed E-state index contributed by atoms with van der Waals surface area (Å²) >= 11 is 3.91. The van der Waals surface area contributed by atoms with Crippen LogP contribution in [0.4, 0.5) is 5.00 Å². The molecule has 9 nitrogen and oxygen atoms in total. The molecule has 3 heterocycles. The topological polar surface area (TPSA) is 112 Å². The molecule has 172 valence electrons. The van der Waals surface area contributed by atoms with Gasteiger partial charge in [0, 0.05) is 10.6 Å². The van der Waals surface area contributed by atoms with Crippen LogP contribution in [0.25, 0.3) is 0 Å². The van der Waals surface area contributed by atoms with Crippen LogP contribution in [-0.2, 0) is 40.8 Å². The molecule has 0 bridgehead atoms. The molecule has 0 amide bonds. The van der Waals surface area contributed by atoms with Gasteiger partial charge in [-0.05, 0) is 43.3 Å². The Hall–Kier alpha value is -2.31. The number of carbonyl (C=O) groups excluding carboxylic acids is 4. The summed E-state index contributed by atoms with van der Waals surface area (Å²) in [5.41, 5.74) is 1.28. The standard InChI is InChI=1S/C20H22N2O7S3/c1-4-28-15(24)9-22-12(8-14(23)27-3)19(26)32-20(22)21-17-16(18(25)29-5-2)11-6-7-30-10-13(11)31-17/h8H,4-7,9-10H2,1-3H3/b12-8+,21-20-. The molecule has 0 N–H and O–H groups in total. The van der Waals surface area contributed by atoms with Gasteiger partial charge in [-0.1, -0.05) is 0 Å². The molecule has 1 fully saturated rings. The normalized spacial score (nSPS) is 18.1. The van der Waals surface area contributed by atoms with Crippen molar-refractivity contribution in [1.82, 2.24) is 4.90 Å². The van der Waals surface area contributed by atoms with E-state index >= 15 is 0 Å². The summed E-state index contributed by atoms with van der Waals surface area (Å²) in [6.45, 7) is 3.47. The number of methoxy groups -OCH3 is 1. The largest absolute Gasteiger partial charge is 0.466 e. The van der Waals surface area contributed by atoms with Crippen LogP contribution in [0.5, 0.6) is 0 Å². The van der Waals surface area contributed by atoms with Crippen LogP contribution in [0.2, 0.25) is 0 Å². The van der Waals surface area contributed by atoms with E-state index in [1.54, 1.807) is 25.6 Å². The van der Waals surface area contributed by atoms with Crippen LogP contribution in [0, 0.1) is 0 Å². The highest BCUT2D eigenvalue weighted by Crippen LogP contribution is 2.43. The fourth-order valence-electron chi connectivity index (χ4n) is 3.08. The zero-order valence-electron chi connectivity index (χ0n) is 17.8. The summed E-state index contributed by atoms with van der Waals surface area (Å²) in [4.78, 5) is 56.2. The number of thiophene rings is 1. The number of nitrogens with zero attached hydrogens (tertiary/aromatic N) is 2. The quantitative estimate of drug-likeness (QED) is 0.316. The van der Waals surface area contributed by atoms with Gasteiger partial charge in [-0.2, -0.15) is 11.8 Å². The average Bonchev–Trinajstić information content (AvgIpc) is 3.26. The minimum absolute atomic E-state index is 0.0387. The van der Waals surface area contributed by atoms with Crippen LogP contribution in [0.3, 0.4) is 0 Å². The van der Waals surface area contributed by atoms with Crippen molar-refractivity contribution in [2.24, 2.45) is 4.99 Å². The Morgan fingerprint density at radius 3 is 2.62 bits per heavy atom. The lowest BCUT2D eigenvalue weighted by Crippen LogP contribution is -2.31. The smallest absolute Gasteiger partial charge is 0.341 e. The van der Waals surface area contributed by atoms with E-state index in [1.165, 1.54) is 23.3 Å². The summed E-state index contributed by atoms with van der Waals surface area (Å²) < 4.78 is 14.9. The van der Waals surface area contributed by atoms with Crippen molar-refractivity contribution in [2.75, 3.05) is 32.6 Å². The first-order chi connectivity index (χ1) is 15.4. The van der Waals surface area contributed by atoms with E-state index in [2.05, 4.69) is 9.73 Å². The van der Waals surface area contributed by atoms with Crippen molar-refractivity contribution < 1.29 is 33.4 Å². The van der Waals surface area contributed by atoms with Crippen molar-refractivity contribution in [3.05, 3.63) is 27.8 Å². The van der Waals surface area contributed by atoms with Crippen molar-refractivity contribution in [1.29, 1.82) is 0 Å². The van der Waals surface area contributed by atoms with Crippen LogP contribution >= 0.6 is 34.9 Å². The number of hydrogen-bond acceptors (Lipinski definition) is 11. The number of hydrogen-bond donors (Lipinski definition) is 0. The molecule has 0 spiro atoms. The van der Waals surface area contributed by atoms with Gasteiger partial charge in [0.15, 0.2) is 5.17 Å². The molecule has 1 aromatic rings. The Balaban J connectivity index is 2.07. The zero-order chi connectivity index (χ0) is 23.3. The second-order valence-electron chi connectivity index (χ2n) is 6.43. The third-order valence-corrected chi connectivity index (χ3v) is 7.62. The molecule has 0 atom stereocenters. The maximum Gasteiger partial charge on any atom is 0.341 e.